The Morgan fingerprint density at radius 2 is 1.67 bits per heavy atom. The van der Waals surface area contributed by atoms with E-state index in [0.29, 0.717) is 13.0 Å². The standard InChI is InChI=1S/C21H25N3O3/c25-21(19-7-3-4-8-20(19)24(26)27)22-14-13-17-9-11-18(12-10-17)23-15-5-1-2-6-16-23/h3-4,7-12H,1-2,5-6,13-16H2,(H,22,25). The van der Waals surface area contributed by atoms with Crippen molar-refractivity contribution >= 4 is 17.3 Å². The van der Waals surface area contributed by atoms with Crippen LogP contribution in [-0.2, 0) is 6.42 Å². The van der Waals surface area contributed by atoms with Crippen molar-refractivity contribution in [1.82, 2.24) is 5.32 Å². The molecular formula is C21H25N3O3. The molecule has 0 atom stereocenters. The van der Waals surface area contributed by atoms with Crippen LogP contribution >= 0.6 is 0 Å². The first-order chi connectivity index (χ1) is 13.1. The lowest BCUT2D eigenvalue weighted by molar-refractivity contribution is -0.385. The predicted octanol–water partition coefficient (Wildman–Crippen LogP) is 3.95. The van der Waals surface area contributed by atoms with Gasteiger partial charge in [-0.05, 0) is 43.0 Å². The van der Waals surface area contributed by atoms with Crippen molar-refractivity contribution in [2.45, 2.75) is 32.1 Å². The van der Waals surface area contributed by atoms with Gasteiger partial charge in [0, 0.05) is 31.4 Å². The Morgan fingerprint density at radius 1 is 1.00 bits per heavy atom. The average molecular weight is 367 g/mol. The lowest BCUT2D eigenvalue weighted by Gasteiger charge is -2.22. The van der Waals surface area contributed by atoms with Gasteiger partial charge in [0.1, 0.15) is 5.56 Å². The van der Waals surface area contributed by atoms with Crippen LogP contribution < -0.4 is 10.2 Å². The largest absolute Gasteiger partial charge is 0.372 e. The van der Waals surface area contributed by atoms with Gasteiger partial charge < -0.3 is 10.2 Å². The topological polar surface area (TPSA) is 75.5 Å². The number of benzene rings is 2. The van der Waals surface area contributed by atoms with Crippen molar-refractivity contribution in [3.05, 3.63) is 69.8 Å². The summed E-state index contributed by atoms with van der Waals surface area (Å²) >= 11 is 0. The molecule has 1 N–H and O–H groups in total. The van der Waals surface area contributed by atoms with Crippen LogP contribution in [0.4, 0.5) is 11.4 Å². The summed E-state index contributed by atoms with van der Waals surface area (Å²) in [6.45, 7) is 2.67. The molecule has 1 amide bonds. The maximum absolute atomic E-state index is 12.2. The monoisotopic (exact) mass is 367 g/mol. The van der Waals surface area contributed by atoms with Gasteiger partial charge in [0.2, 0.25) is 0 Å². The van der Waals surface area contributed by atoms with Crippen LogP contribution in [0, 0.1) is 10.1 Å². The van der Waals surface area contributed by atoms with Crippen LogP contribution in [0.5, 0.6) is 0 Å². The summed E-state index contributed by atoms with van der Waals surface area (Å²) in [4.78, 5) is 25.2. The summed E-state index contributed by atoms with van der Waals surface area (Å²) < 4.78 is 0. The third-order valence-corrected chi connectivity index (χ3v) is 4.95. The Labute approximate surface area is 159 Å². The highest BCUT2D eigenvalue weighted by Gasteiger charge is 2.18. The van der Waals surface area contributed by atoms with Crippen LogP contribution in [-0.4, -0.2) is 30.5 Å². The van der Waals surface area contributed by atoms with E-state index >= 15 is 0 Å². The molecule has 1 heterocycles. The average Bonchev–Trinajstić information content (AvgIpc) is 2.98. The van der Waals surface area contributed by atoms with E-state index in [1.54, 1.807) is 12.1 Å². The molecule has 3 rings (SSSR count). The molecule has 6 heteroatoms. The first-order valence-electron chi connectivity index (χ1n) is 9.50. The second-order valence-corrected chi connectivity index (χ2v) is 6.85. The molecule has 1 aliphatic rings. The second kappa shape index (κ2) is 9.16. The number of hydrogen-bond donors (Lipinski definition) is 1. The minimum absolute atomic E-state index is 0.0963. The van der Waals surface area contributed by atoms with Crippen LogP contribution in [0.1, 0.15) is 41.6 Å². The van der Waals surface area contributed by atoms with Crippen molar-refractivity contribution < 1.29 is 9.72 Å². The lowest BCUT2D eigenvalue weighted by Crippen LogP contribution is -2.26. The fourth-order valence-corrected chi connectivity index (χ4v) is 3.44. The Bertz CT molecular complexity index is 782. The third kappa shape index (κ3) is 5.06. The summed E-state index contributed by atoms with van der Waals surface area (Å²) in [6.07, 6.45) is 5.81. The van der Waals surface area contributed by atoms with Crippen LogP contribution in [0.25, 0.3) is 0 Å². The molecule has 0 bridgehead atoms. The van der Waals surface area contributed by atoms with Gasteiger partial charge in [-0.2, -0.15) is 0 Å². The van der Waals surface area contributed by atoms with Crippen molar-refractivity contribution in [3.8, 4) is 0 Å². The van der Waals surface area contributed by atoms with Gasteiger partial charge >= 0.3 is 0 Å². The fourth-order valence-electron chi connectivity index (χ4n) is 3.44. The second-order valence-electron chi connectivity index (χ2n) is 6.85. The van der Waals surface area contributed by atoms with Gasteiger partial charge in [-0.15, -0.1) is 0 Å². The minimum Gasteiger partial charge on any atom is -0.372 e. The lowest BCUT2D eigenvalue weighted by atomic mass is 10.1. The molecule has 0 radical (unpaired) electrons. The zero-order chi connectivity index (χ0) is 19.1. The van der Waals surface area contributed by atoms with Gasteiger partial charge in [0.15, 0.2) is 0 Å². The van der Waals surface area contributed by atoms with E-state index in [1.807, 2.05) is 0 Å². The van der Waals surface area contributed by atoms with Crippen LogP contribution in [0.3, 0.4) is 0 Å². The molecule has 0 unspecified atom stereocenters. The SMILES string of the molecule is O=C(NCCc1ccc(N2CCCCCC2)cc1)c1ccccc1[N+](=O)[O-]. The zero-order valence-corrected chi connectivity index (χ0v) is 15.4. The van der Waals surface area contributed by atoms with E-state index in [1.165, 1.54) is 43.5 Å². The van der Waals surface area contributed by atoms with Gasteiger partial charge in [0.05, 0.1) is 4.92 Å². The number of nitrogens with one attached hydrogen (secondary N) is 1. The van der Waals surface area contributed by atoms with E-state index in [-0.39, 0.29) is 11.3 Å². The van der Waals surface area contributed by atoms with Crippen molar-refractivity contribution in [1.29, 1.82) is 0 Å². The smallest absolute Gasteiger partial charge is 0.282 e. The number of nitrogens with zero attached hydrogens (tertiary/aromatic N) is 2. The molecule has 1 saturated heterocycles. The van der Waals surface area contributed by atoms with Gasteiger partial charge in [-0.25, -0.2) is 0 Å². The van der Waals surface area contributed by atoms with E-state index in [0.717, 1.165) is 18.7 Å². The molecule has 6 nitrogen and oxygen atoms in total. The van der Waals surface area contributed by atoms with E-state index < -0.39 is 10.8 Å². The first kappa shape index (κ1) is 18.9. The highest BCUT2D eigenvalue weighted by molar-refractivity contribution is 5.98. The minimum atomic E-state index is -0.531. The molecule has 1 aliphatic heterocycles. The van der Waals surface area contributed by atoms with Gasteiger partial charge in [-0.3, -0.25) is 14.9 Å². The number of carbonyl (C=O) groups is 1. The molecule has 1 fully saturated rings. The summed E-state index contributed by atoms with van der Waals surface area (Å²) in [5, 5.41) is 13.8. The van der Waals surface area contributed by atoms with Crippen LogP contribution in [0.15, 0.2) is 48.5 Å². The van der Waals surface area contributed by atoms with Crippen molar-refractivity contribution in [2.75, 3.05) is 24.5 Å². The molecule has 0 aromatic heterocycles. The molecule has 142 valence electrons. The fraction of sp³-hybridized carbons (Fsp3) is 0.381. The molecule has 0 saturated carbocycles. The molecule has 0 spiro atoms. The normalized spacial score (nSPS) is 14.4. The number of nitro groups is 1. The zero-order valence-electron chi connectivity index (χ0n) is 15.4. The highest BCUT2D eigenvalue weighted by Crippen LogP contribution is 2.20. The summed E-state index contributed by atoms with van der Waals surface area (Å²) in [5.41, 5.74) is 2.32. The van der Waals surface area contributed by atoms with Crippen molar-refractivity contribution in [2.24, 2.45) is 0 Å². The number of rotatable bonds is 6. The number of amides is 1. The van der Waals surface area contributed by atoms with Gasteiger partial charge in [-0.1, -0.05) is 37.1 Å². The van der Waals surface area contributed by atoms with Crippen molar-refractivity contribution in [3.63, 3.8) is 0 Å². The molecular weight excluding hydrogens is 342 g/mol. The van der Waals surface area contributed by atoms with Crippen LogP contribution in [0.2, 0.25) is 0 Å². The third-order valence-electron chi connectivity index (χ3n) is 4.95. The number of hydrogen-bond acceptors (Lipinski definition) is 4. The highest BCUT2D eigenvalue weighted by atomic mass is 16.6. The van der Waals surface area contributed by atoms with E-state index in [9.17, 15) is 14.9 Å². The van der Waals surface area contributed by atoms with E-state index in [2.05, 4.69) is 34.5 Å². The first-order valence-corrected chi connectivity index (χ1v) is 9.50. The maximum atomic E-state index is 12.2. The Kier molecular flexibility index (Phi) is 6.41. The Morgan fingerprint density at radius 3 is 2.33 bits per heavy atom. The summed E-state index contributed by atoms with van der Waals surface area (Å²) in [7, 11) is 0. The molecule has 2 aromatic rings. The molecule has 2 aromatic carbocycles. The Hall–Kier alpha value is -2.89. The number of anilines is 1. The maximum Gasteiger partial charge on any atom is 0.282 e. The predicted molar refractivity (Wildman–Crippen MR) is 106 cm³/mol. The van der Waals surface area contributed by atoms with E-state index in [4.69, 9.17) is 0 Å². The number of carbonyl (C=O) groups excluding carboxylic acids is 1. The summed E-state index contributed by atoms with van der Waals surface area (Å²) in [5.74, 6) is -0.413. The summed E-state index contributed by atoms with van der Waals surface area (Å²) in [6, 6.07) is 14.5. The number of para-hydroxylation sites is 1. The molecule has 0 aliphatic carbocycles. The van der Waals surface area contributed by atoms with Gasteiger partial charge in [0.25, 0.3) is 11.6 Å². The Balaban J connectivity index is 1.53. The molecule has 27 heavy (non-hydrogen) atoms. The number of nitro benzene ring substituents is 1. The quantitative estimate of drug-likeness (QED) is 0.620.